The van der Waals surface area contributed by atoms with E-state index in [1.165, 1.54) is 14.2 Å². The highest BCUT2D eigenvalue weighted by atomic mass is 16.5. The van der Waals surface area contributed by atoms with E-state index < -0.39 is 5.97 Å². The van der Waals surface area contributed by atoms with Crippen molar-refractivity contribution in [2.24, 2.45) is 0 Å². The standard InChI is InChI=1S/C9H16O4.C8H14O6/c1-3-5-12-7-8-13-6-4-9(10)11-2;1-12-8(11)2-3-13-4-5-14-6-7(9)10/h3H,1,4-8H2,2H3;2-6H2,1H3,(H,9,10). The van der Waals surface area contributed by atoms with Gasteiger partial charge in [0, 0.05) is 0 Å². The monoisotopic (exact) mass is 394 g/mol. The van der Waals surface area contributed by atoms with E-state index in [0.29, 0.717) is 26.4 Å². The van der Waals surface area contributed by atoms with E-state index in [9.17, 15) is 14.4 Å². The van der Waals surface area contributed by atoms with E-state index in [1.54, 1.807) is 6.08 Å². The Bertz CT molecular complexity index is 397. The summed E-state index contributed by atoms with van der Waals surface area (Å²) < 4.78 is 28.6. The first kappa shape index (κ1) is 27.2. The molecule has 0 radical (unpaired) electrons. The summed E-state index contributed by atoms with van der Waals surface area (Å²) >= 11 is 0. The van der Waals surface area contributed by atoms with Gasteiger partial charge in [0.1, 0.15) is 6.61 Å². The Morgan fingerprint density at radius 2 is 1.22 bits per heavy atom. The summed E-state index contributed by atoms with van der Waals surface area (Å²) in [7, 11) is 2.66. The molecule has 0 aliphatic heterocycles. The number of carboxylic acid groups (broad SMARTS) is 1. The van der Waals surface area contributed by atoms with Gasteiger partial charge >= 0.3 is 17.9 Å². The maximum atomic E-state index is 10.6. The van der Waals surface area contributed by atoms with Gasteiger partial charge in [0.15, 0.2) is 0 Å². The van der Waals surface area contributed by atoms with Gasteiger partial charge in [-0.1, -0.05) is 6.08 Å². The second kappa shape index (κ2) is 22.0. The van der Waals surface area contributed by atoms with Crippen molar-refractivity contribution >= 4 is 17.9 Å². The molecule has 0 aliphatic carbocycles. The second-order valence-corrected chi connectivity index (χ2v) is 4.69. The lowest BCUT2D eigenvalue weighted by atomic mass is 10.5. The Hall–Kier alpha value is -2.01. The van der Waals surface area contributed by atoms with Crippen LogP contribution in [-0.2, 0) is 42.8 Å². The maximum Gasteiger partial charge on any atom is 0.329 e. The average Bonchev–Trinajstić information content (AvgIpc) is 2.66. The number of esters is 2. The normalized spacial score (nSPS) is 9.70. The zero-order valence-corrected chi connectivity index (χ0v) is 16.0. The number of carbonyl (C=O) groups is 3. The van der Waals surface area contributed by atoms with Crippen molar-refractivity contribution < 1.29 is 47.9 Å². The lowest BCUT2D eigenvalue weighted by Gasteiger charge is -2.03. The molecule has 158 valence electrons. The molecular weight excluding hydrogens is 364 g/mol. The van der Waals surface area contributed by atoms with Crippen LogP contribution in [0.4, 0.5) is 0 Å². The van der Waals surface area contributed by atoms with Crippen molar-refractivity contribution in [3.05, 3.63) is 12.7 Å². The van der Waals surface area contributed by atoms with Gasteiger partial charge in [-0.05, 0) is 0 Å². The fraction of sp³-hybridized carbons (Fsp3) is 0.706. The summed E-state index contributed by atoms with van der Waals surface area (Å²) in [6, 6.07) is 0. The van der Waals surface area contributed by atoms with Crippen molar-refractivity contribution in [3.8, 4) is 0 Å². The summed E-state index contributed by atoms with van der Waals surface area (Å²) in [5.74, 6) is -1.61. The van der Waals surface area contributed by atoms with E-state index >= 15 is 0 Å². The SMILES string of the molecule is C=CCOCCOCCC(=O)OC.COC(=O)CCOCCOCC(=O)O. The zero-order chi connectivity index (χ0) is 20.8. The topological polar surface area (TPSA) is 127 Å². The molecule has 0 aromatic heterocycles. The molecular formula is C17H30O10. The van der Waals surface area contributed by atoms with Gasteiger partial charge in [-0.15, -0.1) is 6.58 Å². The van der Waals surface area contributed by atoms with Crippen molar-refractivity contribution in [1.29, 1.82) is 0 Å². The molecule has 0 fully saturated rings. The van der Waals surface area contributed by atoms with Crippen LogP contribution in [0.25, 0.3) is 0 Å². The Morgan fingerprint density at radius 1 is 0.778 bits per heavy atom. The molecule has 0 bridgehead atoms. The molecule has 0 unspecified atom stereocenters. The molecule has 0 saturated carbocycles. The third kappa shape index (κ3) is 26.3. The fourth-order valence-corrected chi connectivity index (χ4v) is 1.28. The van der Waals surface area contributed by atoms with Gasteiger partial charge in [0.2, 0.25) is 0 Å². The molecule has 0 aromatic carbocycles. The number of rotatable bonds is 16. The van der Waals surface area contributed by atoms with Crippen LogP contribution in [0.5, 0.6) is 0 Å². The first-order valence-corrected chi connectivity index (χ1v) is 8.25. The molecule has 10 nitrogen and oxygen atoms in total. The Balaban J connectivity index is 0. The van der Waals surface area contributed by atoms with E-state index in [4.69, 9.17) is 19.3 Å². The van der Waals surface area contributed by atoms with Gasteiger partial charge in [0.05, 0.1) is 73.3 Å². The molecule has 10 heteroatoms. The van der Waals surface area contributed by atoms with Gasteiger partial charge < -0.3 is 33.5 Å². The summed E-state index contributed by atoms with van der Waals surface area (Å²) in [5, 5.41) is 8.19. The minimum atomic E-state index is -1.01. The molecule has 0 rings (SSSR count). The van der Waals surface area contributed by atoms with Crippen LogP contribution >= 0.6 is 0 Å². The molecule has 27 heavy (non-hydrogen) atoms. The van der Waals surface area contributed by atoms with Crippen molar-refractivity contribution in [2.45, 2.75) is 12.8 Å². The van der Waals surface area contributed by atoms with Gasteiger partial charge in [-0.25, -0.2) is 4.79 Å². The Labute approximate surface area is 159 Å². The van der Waals surface area contributed by atoms with Crippen LogP contribution in [-0.4, -0.2) is 90.1 Å². The highest BCUT2D eigenvalue weighted by molar-refractivity contribution is 5.69. The summed E-state index contributed by atoms with van der Waals surface area (Å²) in [6.07, 6.45) is 2.15. The smallest absolute Gasteiger partial charge is 0.329 e. The van der Waals surface area contributed by atoms with Gasteiger partial charge in [0.25, 0.3) is 0 Å². The fourth-order valence-electron chi connectivity index (χ4n) is 1.28. The number of aliphatic carboxylic acids is 1. The highest BCUT2D eigenvalue weighted by Crippen LogP contribution is 1.87. The molecule has 0 aromatic rings. The minimum Gasteiger partial charge on any atom is -0.480 e. The minimum absolute atomic E-state index is 0.190. The van der Waals surface area contributed by atoms with E-state index in [2.05, 4.69) is 20.8 Å². The predicted octanol–water partition coefficient (Wildman–Crippen LogP) is 0.436. The van der Waals surface area contributed by atoms with Crippen LogP contribution in [0.1, 0.15) is 12.8 Å². The third-order valence-electron chi connectivity index (χ3n) is 2.56. The molecule has 1 N–H and O–H groups in total. The lowest BCUT2D eigenvalue weighted by molar-refractivity contribution is -0.143. The molecule has 0 spiro atoms. The number of methoxy groups -OCH3 is 2. The number of hydrogen-bond donors (Lipinski definition) is 1. The Morgan fingerprint density at radius 3 is 1.63 bits per heavy atom. The van der Waals surface area contributed by atoms with E-state index in [1.807, 2.05) is 0 Å². The van der Waals surface area contributed by atoms with Crippen molar-refractivity contribution in [1.82, 2.24) is 0 Å². The Kier molecular flexibility index (Phi) is 22.2. The summed E-state index contributed by atoms with van der Waals surface area (Å²) in [4.78, 5) is 31.2. The highest BCUT2D eigenvalue weighted by Gasteiger charge is 2.00. The first-order chi connectivity index (χ1) is 13.0. The van der Waals surface area contributed by atoms with Crippen LogP contribution in [0.15, 0.2) is 12.7 Å². The predicted molar refractivity (Wildman–Crippen MR) is 94.4 cm³/mol. The third-order valence-corrected chi connectivity index (χ3v) is 2.56. The quantitative estimate of drug-likeness (QED) is 0.224. The molecule has 0 saturated heterocycles. The van der Waals surface area contributed by atoms with Gasteiger partial charge in [-0.2, -0.15) is 0 Å². The van der Waals surface area contributed by atoms with E-state index in [0.717, 1.165) is 0 Å². The van der Waals surface area contributed by atoms with Gasteiger partial charge in [-0.3, -0.25) is 9.59 Å². The number of hydrogen-bond acceptors (Lipinski definition) is 9. The van der Waals surface area contributed by atoms with Crippen molar-refractivity contribution in [3.63, 3.8) is 0 Å². The summed E-state index contributed by atoms with van der Waals surface area (Å²) in [5.41, 5.74) is 0. The first-order valence-electron chi connectivity index (χ1n) is 8.25. The second-order valence-electron chi connectivity index (χ2n) is 4.69. The van der Waals surface area contributed by atoms with Crippen LogP contribution in [0.2, 0.25) is 0 Å². The molecule has 0 aliphatic rings. The number of ether oxygens (including phenoxy) is 6. The van der Waals surface area contributed by atoms with Crippen LogP contribution < -0.4 is 0 Å². The molecule has 0 heterocycles. The van der Waals surface area contributed by atoms with E-state index in [-0.39, 0.29) is 51.2 Å². The largest absolute Gasteiger partial charge is 0.480 e. The molecule has 0 atom stereocenters. The lowest BCUT2D eigenvalue weighted by Crippen LogP contribution is -2.13. The van der Waals surface area contributed by atoms with Crippen molar-refractivity contribution in [2.75, 3.05) is 67.1 Å². The van der Waals surface area contributed by atoms with Crippen LogP contribution in [0.3, 0.4) is 0 Å². The number of carboxylic acids is 1. The number of carbonyl (C=O) groups excluding carboxylic acids is 2. The van der Waals surface area contributed by atoms with Crippen LogP contribution in [0, 0.1) is 0 Å². The zero-order valence-electron chi connectivity index (χ0n) is 16.0. The average molecular weight is 394 g/mol. The molecule has 0 amide bonds. The summed E-state index contributed by atoms with van der Waals surface area (Å²) in [6.45, 7) is 5.81. The maximum absolute atomic E-state index is 10.6.